The largest absolute Gasteiger partial charge is 0.352 e. The van der Waals surface area contributed by atoms with Crippen LogP contribution in [0.1, 0.15) is 137 Å². The van der Waals surface area contributed by atoms with E-state index < -0.39 is 0 Å². The van der Waals surface area contributed by atoms with Crippen LogP contribution in [0, 0.1) is 13.8 Å². The van der Waals surface area contributed by atoms with E-state index in [1.165, 1.54) is 114 Å². The number of hydrogen-bond donors (Lipinski definition) is 1. The van der Waals surface area contributed by atoms with Crippen molar-refractivity contribution in [3.05, 3.63) is 65.0 Å². The minimum atomic E-state index is -0.00188. The molecule has 0 saturated carbocycles. The summed E-state index contributed by atoms with van der Waals surface area (Å²) in [6, 6.07) is 14.4. The van der Waals surface area contributed by atoms with Gasteiger partial charge in [-0.2, -0.15) is 0 Å². The molecule has 0 bridgehead atoms. The predicted molar refractivity (Wildman–Crippen MR) is 171 cm³/mol. The zero-order valence-electron chi connectivity index (χ0n) is 25.8. The first-order valence-electron chi connectivity index (χ1n) is 16.4. The van der Waals surface area contributed by atoms with E-state index >= 15 is 0 Å². The number of benzene rings is 2. The monoisotopic (exact) mass is 545 g/mol. The number of para-hydroxylation sites is 2. The number of imidazole rings is 1. The van der Waals surface area contributed by atoms with E-state index in [2.05, 4.69) is 54.1 Å². The van der Waals surface area contributed by atoms with Gasteiger partial charge in [-0.15, -0.1) is 0 Å². The Bertz CT molecular complexity index is 1130. The summed E-state index contributed by atoms with van der Waals surface area (Å²) < 4.78 is 2.38. The summed E-state index contributed by atoms with van der Waals surface area (Å²) in [6.07, 6.45) is 22.9. The number of carbonyl (C=O) groups excluding carboxylic acids is 1. The molecule has 40 heavy (non-hydrogen) atoms. The third-order valence-corrected chi connectivity index (χ3v) is 8.23. The van der Waals surface area contributed by atoms with Gasteiger partial charge in [-0.05, 0) is 44.0 Å². The van der Waals surface area contributed by atoms with Crippen LogP contribution in [-0.4, -0.2) is 22.0 Å². The first-order chi connectivity index (χ1) is 19.6. The van der Waals surface area contributed by atoms with Crippen LogP contribution in [0.4, 0.5) is 0 Å². The van der Waals surface area contributed by atoms with E-state index in [1.807, 2.05) is 19.1 Å². The van der Waals surface area contributed by atoms with Gasteiger partial charge in [0.05, 0.1) is 11.0 Å². The molecule has 0 unspecified atom stereocenters. The fraction of sp³-hybridized carbons (Fsp3) is 0.611. The van der Waals surface area contributed by atoms with Crippen LogP contribution < -0.4 is 5.32 Å². The highest BCUT2D eigenvalue weighted by atomic mass is 16.1. The highest BCUT2D eigenvalue weighted by molar-refractivity contribution is 5.95. The van der Waals surface area contributed by atoms with Crippen molar-refractivity contribution in [2.45, 2.75) is 136 Å². The molecule has 1 amide bonds. The van der Waals surface area contributed by atoms with Crippen molar-refractivity contribution in [3.63, 3.8) is 0 Å². The van der Waals surface area contributed by atoms with Crippen molar-refractivity contribution < 1.29 is 4.79 Å². The van der Waals surface area contributed by atoms with Gasteiger partial charge in [-0.25, -0.2) is 4.98 Å². The van der Waals surface area contributed by atoms with Crippen LogP contribution in [0.15, 0.2) is 42.5 Å². The quantitative estimate of drug-likeness (QED) is 0.135. The molecule has 3 aromatic rings. The van der Waals surface area contributed by atoms with Crippen molar-refractivity contribution in [1.82, 2.24) is 14.9 Å². The Morgan fingerprint density at radius 2 is 1.32 bits per heavy atom. The predicted octanol–water partition coefficient (Wildman–Crippen LogP) is 9.89. The van der Waals surface area contributed by atoms with Gasteiger partial charge < -0.3 is 9.88 Å². The van der Waals surface area contributed by atoms with Gasteiger partial charge in [0, 0.05) is 25.1 Å². The molecule has 0 spiro atoms. The molecular formula is C36H55N3O. The summed E-state index contributed by atoms with van der Waals surface area (Å²) in [7, 11) is 0. The molecule has 0 fully saturated rings. The van der Waals surface area contributed by atoms with E-state index in [0.29, 0.717) is 6.54 Å². The fourth-order valence-electron chi connectivity index (χ4n) is 5.84. The maximum Gasteiger partial charge on any atom is 0.251 e. The summed E-state index contributed by atoms with van der Waals surface area (Å²) in [6.45, 7) is 7.94. The number of amides is 1. The highest BCUT2D eigenvalue weighted by Crippen LogP contribution is 2.19. The molecule has 0 aliphatic carbocycles. The third-order valence-electron chi connectivity index (χ3n) is 8.23. The second-order valence-corrected chi connectivity index (χ2v) is 11.8. The van der Waals surface area contributed by atoms with Crippen molar-refractivity contribution in [2.24, 2.45) is 0 Å². The first kappa shape index (κ1) is 31.9. The molecule has 1 N–H and O–H groups in total. The molecule has 1 heterocycles. The molecule has 3 rings (SSSR count). The second kappa shape index (κ2) is 18.7. The smallest absolute Gasteiger partial charge is 0.251 e. The maximum atomic E-state index is 12.7. The summed E-state index contributed by atoms with van der Waals surface area (Å²) >= 11 is 0. The topological polar surface area (TPSA) is 46.9 Å². The van der Waals surface area contributed by atoms with Gasteiger partial charge in [0.15, 0.2) is 0 Å². The van der Waals surface area contributed by atoms with Gasteiger partial charge in [-0.1, -0.05) is 133 Å². The van der Waals surface area contributed by atoms with E-state index in [4.69, 9.17) is 4.98 Å². The van der Waals surface area contributed by atoms with E-state index in [0.717, 1.165) is 35.4 Å². The molecule has 4 nitrogen and oxygen atoms in total. The summed E-state index contributed by atoms with van der Waals surface area (Å²) in [5.74, 6) is 1.07. The first-order valence-corrected chi connectivity index (χ1v) is 16.4. The number of hydrogen-bond acceptors (Lipinski definition) is 2. The zero-order chi connectivity index (χ0) is 28.4. The molecule has 0 atom stereocenters. The third kappa shape index (κ3) is 11.1. The van der Waals surface area contributed by atoms with Gasteiger partial charge in [0.1, 0.15) is 5.82 Å². The number of unbranched alkanes of at least 4 members (excludes halogenated alkanes) is 15. The fourth-order valence-corrected chi connectivity index (χ4v) is 5.84. The summed E-state index contributed by atoms with van der Waals surface area (Å²) in [4.78, 5) is 17.6. The SMILES string of the molecule is CCCCCCCCCCCCCCCCCCn1c(CCNC(=O)c2ccc(C)cc2C)nc2ccccc21. The number of aromatic nitrogens is 2. The van der Waals surface area contributed by atoms with Crippen molar-refractivity contribution in [2.75, 3.05) is 6.54 Å². The molecular weight excluding hydrogens is 490 g/mol. The lowest BCUT2D eigenvalue weighted by Gasteiger charge is -2.11. The lowest BCUT2D eigenvalue weighted by molar-refractivity contribution is 0.0953. The Kier molecular flexibility index (Phi) is 14.9. The van der Waals surface area contributed by atoms with Crippen LogP contribution in [-0.2, 0) is 13.0 Å². The Morgan fingerprint density at radius 1 is 0.750 bits per heavy atom. The van der Waals surface area contributed by atoms with Crippen molar-refractivity contribution in [3.8, 4) is 0 Å². The summed E-state index contributed by atoms with van der Waals surface area (Å²) in [5, 5.41) is 3.11. The molecule has 1 aromatic heterocycles. The Morgan fingerprint density at radius 3 is 1.93 bits per heavy atom. The molecule has 2 aromatic carbocycles. The molecule has 0 aliphatic heterocycles. The zero-order valence-corrected chi connectivity index (χ0v) is 25.8. The Labute approximate surface area is 244 Å². The Balaban J connectivity index is 1.31. The summed E-state index contributed by atoms with van der Waals surface area (Å²) in [5.41, 5.74) is 5.21. The molecule has 220 valence electrons. The van der Waals surface area contributed by atoms with E-state index in [9.17, 15) is 4.79 Å². The minimum absolute atomic E-state index is 0.00188. The van der Waals surface area contributed by atoms with Crippen LogP contribution in [0.2, 0.25) is 0 Å². The number of carbonyl (C=O) groups is 1. The number of nitrogens with one attached hydrogen (secondary N) is 1. The van der Waals surface area contributed by atoms with Crippen LogP contribution in [0.3, 0.4) is 0 Å². The second-order valence-electron chi connectivity index (χ2n) is 11.8. The molecule has 4 heteroatoms. The highest BCUT2D eigenvalue weighted by Gasteiger charge is 2.12. The van der Waals surface area contributed by atoms with Gasteiger partial charge in [0.25, 0.3) is 5.91 Å². The van der Waals surface area contributed by atoms with Crippen molar-refractivity contribution >= 4 is 16.9 Å². The normalized spacial score (nSPS) is 11.4. The van der Waals surface area contributed by atoms with Crippen LogP contribution in [0.5, 0.6) is 0 Å². The van der Waals surface area contributed by atoms with E-state index in [1.54, 1.807) is 0 Å². The van der Waals surface area contributed by atoms with Crippen LogP contribution in [0.25, 0.3) is 11.0 Å². The standard InChI is InChI=1S/C36H55N3O/c1-4-5-6-7-8-9-10-11-12-13-14-15-16-17-18-21-28-39-34-23-20-19-22-33(34)38-35(39)26-27-37-36(40)32-25-24-30(2)29-31(32)3/h19-20,22-25,29H,4-18,21,26-28H2,1-3H3,(H,37,40). The number of aryl methyl sites for hydroxylation is 3. The average Bonchev–Trinajstić information content (AvgIpc) is 3.30. The van der Waals surface area contributed by atoms with Gasteiger partial charge in [0.2, 0.25) is 0 Å². The number of fused-ring (bicyclic) bond motifs is 1. The molecule has 0 aliphatic rings. The molecule has 0 radical (unpaired) electrons. The number of rotatable bonds is 21. The van der Waals surface area contributed by atoms with Gasteiger partial charge in [-0.3, -0.25) is 4.79 Å². The van der Waals surface area contributed by atoms with Crippen LogP contribution >= 0.6 is 0 Å². The average molecular weight is 546 g/mol. The lowest BCUT2D eigenvalue weighted by Crippen LogP contribution is -2.27. The molecule has 0 saturated heterocycles. The maximum absolute atomic E-state index is 12.7. The lowest BCUT2D eigenvalue weighted by atomic mass is 10.0. The van der Waals surface area contributed by atoms with Gasteiger partial charge >= 0.3 is 0 Å². The number of nitrogens with zero attached hydrogens (tertiary/aromatic N) is 2. The van der Waals surface area contributed by atoms with Crippen molar-refractivity contribution in [1.29, 1.82) is 0 Å². The Hall–Kier alpha value is -2.62. The van der Waals surface area contributed by atoms with E-state index in [-0.39, 0.29) is 5.91 Å². The minimum Gasteiger partial charge on any atom is -0.352 e.